The molecule has 1 aliphatic rings. The van der Waals surface area contributed by atoms with Gasteiger partial charge in [-0.25, -0.2) is 9.37 Å². The topological polar surface area (TPSA) is 42.2 Å². The van der Waals surface area contributed by atoms with Crippen LogP contribution in [0, 0.1) is 11.7 Å². The Bertz CT molecular complexity index is 399. The molecule has 94 valence electrons. The average Bonchev–Trinajstić information content (AvgIpc) is 2.60. The van der Waals surface area contributed by atoms with E-state index in [1.165, 1.54) is 12.3 Å². The summed E-state index contributed by atoms with van der Waals surface area (Å²) in [6, 6.07) is 1.40. The molecule has 3 nitrogen and oxygen atoms in total. The quantitative estimate of drug-likeness (QED) is 0.904. The lowest BCUT2D eigenvalue weighted by Gasteiger charge is -2.17. The first-order valence-electron chi connectivity index (χ1n) is 5.93. The molecule has 1 fully saturated rings. The second kappa shape index (κ2) is 5.19. The molecule has 1 aromatic rings. The molecular formula is C12H17ClFN3. The van der Waals surface area contributed by atoms with Gasteiger partial charge in [-0.05, 0) is 18.4 Å². The molecule has 0 bridgehead atoms. The van der Waals surface area contributed by atoms with Crippen LogP contribution in [0.1, 0.15) is 19.8 Å². The van der Waals surface area contributed by atoms with E-state index in [-0.39, 0.29) is 11.9 Å². The Labute approximate surface area is 106 Å². The smallest absolute Gasteiger partial charge is 0.167 e. The van der Waals surface area contributed by atoms with Crippen LogP contribution in [-0.2, 0) is 0 Å². The minimum Gasteiger partial charge on any atom is -0.352 e. The third-order valence-corrected chi connectivity index (χ3v) is 3.45. The van der Waals surface area contributed by atoms with Crippen LogP contribution in [0.4, 0.5) is 10.2 Å². The SMILES string of the molecule is CCC[C@@H]1CN(c2ncc(Cl)cc2F)C[C@H]1N. The minimum absolute atomic E-state index is 0.104. The van der Waals surface area contributed by atoms with Crippen molar-refractivity contribution in [1.82, 2.24) is 4.98 Å². The number of nitrogens with two attached hydrogens (primary N) is 1. The average molecular weight is 258 g/mol. The van der Waals surface area contributed by atoms with Gasteiger partial charge in [0.25, 0.3) is 0 Å². The highest BCUT2D eigenvalue weighted by Gasteiger charge is 2.31. The zero-order valence-corrected chi connectivity index (χ0v) is 10.6. The van der Waals surface area contributed by atoms with Gasteiger partial charge < -0.3 is 10.6 Å². The van der Waals surface area contributed by atoms with Gasteiger partial charge >= 0.3 is 0 Å². The van der Waals surface area contributed by atoms with E-state index in [1.54, 1.807) is 0 Å². The van der Waals surface area contributed by atoms with Crippen molar-refractivity contribution < 1.29 is 4.39 Å². The zero-order chi connectivity index (χ0) is 12.4. The fraction of sp³-hybridized carbons (Fsp3) is 0.583. The van der Waals surface area contributed by atoms with Gasteiger partial charge in [-0.3, -0.25) is 0 Å². The van der Waals surface area contributed by atoms with E-state index in [9.17, 15) is 4.39 Å². The van der Waals surface area contributed by atoms with Crippen LogP contribution < -0.4 is 10.6 Å². The van der Waals surface area contributed by atoms with Crippen molar-refractivity contribution in [1.29, 1.82) is 0 Å². The van der Waals surface area contributed by atoms with Crippen LogP contribution >= 0.6 is 11.6 Å². The molecule has 5 heteroatoms. The predicted molar refractivity (Wildman–Crippen MR) is 67.8 cm³/mol. The summed E-state index contributed by atoms with van der Waals surface area (Å²) in [6.45, 7) is 3.58. The lowest BCUT2D eigenvalue weighted by Crippen LogP contribution is -2.29. The number of hydrogen-bond donors (Lipinski definition) is 1. The predicted octanol–water partition coefficient (Wildman–Crippen LogP) is 2.44. The molecule has 1 saturated heterocycles. The van der Waals surface area contributed by atoms with E-state index in [4.69, 9.17) is 17.3 Å². The standard InChI is InChI=1S/C12H17ClFN3/c1-2-3-8-6-17(7-11(8)15)12-10(14)4-9(13)5-16-12/h4-5,8,11H,2-3,6-7,15H2,1H3/t8-,11-/m1/s1. The van der Waals surface area contributed by atoms with E-state index in [2.05, 4.69) is 11.9 Å². The van der Waals surface area contributed by atoms with Crippen molar-refractivity contribution in [2.75, 3.05) is 18.0 Å². The molecular weight excluding hydrogens is 241 g/mol. The van der Waals surface area contributed by atoms with Gasteiger partial charge in [-0.2, -0.15) is 0 Å². The second-order valence-corrected chi connectivity index (χ2v) is 5.01. The second-order valence-electron chi connectivity index (χ2n) is 4.58. The van der Waals surface area contributed by atoms with Gasteiger partial charge in [-0.1, -0.05) is 24.9 Å². The minimum atomic E-state index is -0.373. The van der Waals surface area contributed by atoms with Crippen LogP contribution in [-0.4, -0.2) is 24.1 Å². The Hall–Kier alpha value is -0.870. The maximum atomic E-state index is 13.7. The van der Waals surface area contributed by atoms with E-state index >= 15 is 0 Å². The molecule has 0 radical (unpaired) electrons. The number of nitrogens with zero attached hydrogens (tertiary/aromatic N) is 2. The Morgan fingerprint density at radius 2 is 2.35 bits per heavy atom. The highest BCUT2D eigenvalue weighted by Crippen LogP contribution is 2.27. The van der Waals surface area contributed by atoms with Gasteiger partial charge in [0.15, 0.2) is 11.6 Å². The summed E-state index contributed by atoms with van der Waals surface area (Å²) in [5, 5.41) is 0.319. The first kappa shape index (κ1) is 12.6. The molecule has 1 aromatic heterocycles. The van der Waals surface area contributed by atoms with E-state index in [0.717, 1.165) is 19.4 Å². The Kier molecular flexibility index (Phi) is 3.84. The molecule has 2 N–H and O–H groups in total. The number of aromatic nitrogens is 1. The maximum Gasteiger partial charge on any atom is 0.167 e. The summed E-state index contributed by atoms with van der Waals surface area (Å²) in [5.41, 5.74) is 6.05. The van der Waals surface area contributed by atoms with E-state index in [1.807, 2.05) is 4.90 Å². The van der Waals surface area contributed by atoms with E-state index in [0.29, 0.717) is 23.3 Å². The van der Waals surface area contributed by atoms with Crippen molar-refractivity contribution in [3.8, 4) is 0 Å². The Morgan fingerprint density at radius 1 is 1.59 bits per heavy atom. The first-order valence-corrected chi connectivity index (χ1v) is 6.31. The van der Waals surface area contributed by atoms with Crippen LogP contribution in [0.2, 0.25) is 5.02 Å². The number of hydrogen-bond acceptors (Lipinski definition) is 3. The molecule has 0 spiro atoms. The molecule has 1 aliphatic heterocycles. The number of halogens is 2. The van der Waals surface area contributed by atoms with Crippen LogP contribution in [0.15, 0.2) is 12.3 Å². The molecule has 17 heavy (non-hydrogen) atoms. The van der Waals surface area contributed by atoms with Gasteiger partial charge in [-0.15, -0.1) is 0 Å². The fourth-order valence-corrected chi connectivity index (χ4v) is 2.53. The monoisotopic (exact) mass is 257 g/mol. The van der Waals surface area contributed by atoms with Crippen molar-refractivity contribution >= 4 is 17.4 Å². The number of anilines is 1. The lowest BCUT2D eigenvalue weighted by molar-refractivity contribution is 0.472. The molecule has 2 heterocycles. The molecule has 2 rings (SSSR count). The maximum absolute atomic E-state index is 13.7. The highest BCUT2D eigenvalue weighted by atomic mass is 35.5. The van der Waals surface area contributed by atoms with Crippen molar-refractivity contribution in [3.05, 3.63) is 23.1 Å². The summed E-state index contributed by atoms with van der Waals surface area (Å²) in [7, 11) is 0. The third kappa shape index (κ3) is 2.69. The first-order chi connectivity index (χ1) is 8.11. The van der Waals surface area contributed by atoms with Crippen LogP contribution in [0.5, 0.6) is 0 Å². The largest absolute Gasteiger partial charge is 0.352 e. The molecule has 2 atom stereocenters. The lowest BCUT2D eigenvalue weighted by atomic mass is 9.99. The fourth-order valence-electron chi connectivity index (χ4n) is 2.39. The van der Waals surface area contributed by atoms with E-state index < -0.39 is 0 Å². The van der Waals surface area contributed by atoms with Gasteiger partial charge in [0, 0.05) is 25.3 Å². The summed E-state index contributed by atoms with van der Waals surface area (Å²) < 4.78 is 13.7. The Morgan fingerprint density at radius 3 is 3.00 bits per heavy atom. The summed E-state index contributed by atoms with van der Waals surface area (Å²) in [4.78, 5) is 5.97. The van der Waals surface area contributed by atoms with Gasteiger partial charge in [0.05, 0.1) is 5.02 Å². The number of pyridine rings is 1. The molecule has 0 unspecified atom stereocenters. The number of rotatable bonds is 3. The summed E-state index contributed by atoms with van der Waals surface area (Å²) >= 11 is 5.68. The summed E-state index contributed by atoms with van der Waals surface area (Å²) in [5.74, 6) is 0.419. The molecule has 0 aromatic carbocycles. The van der Waals surface area contributed by atoms with Crippen LogP contribution in [0.3, 0.4) is 0 Å². The van der Waals surface area contributed by atoms with Gasteiger partial charge in [0.2, 0.25) is 0 Å². The third-order valence-electron chi connectivity index (χ3n) is 3.24. The molecule has 0 saturated carbocycles. The molecule has 0 amide bonds. The van der Waals surface area contributed by atoms with Crippen molar-refractivity contribution in [3.63, 3.8) is 0 Å². The van der Waals surface area contributed by atoms with Crippen LogP contribution in [0.25, 0.3) is 0 Å². The molecule has 0 aliphatic carbocycles. The van der Waals surface area contributed by atoms with Crippen molar-refractivity contribution in [2.45, 2.75) is 25.8 Å². The summed E-state index contributed by atoms with van der Waals surface area (Å²) in [6.07, 6.45) is 3.65. The highest BCUT2D eigenvalue weighted by molar-refractivity contribution is 6.30. The normalized spacial score (nSPS) is 24.4. The van der Waals surface area contributed by atoms with Crippen molar-refractivity contribution in [2.24, 2.45) is 11.7 Å². The Balaban J connectivity index is 2.14. The zero-order valence-electron chi connectivity index (χ0n) is 9.87. The van der Waals surface area contributed by atoms with Gasteiger partial charge in [0.1, 0.15) is 0 Å².